The predicted molar refractivity (Wildman–Crippen MR) is 126 cm³/mol. The van der Waals surface area contributed by atoms with Gasteiger partial charge >= 0.3 is 0 Å². The first-order chi connectivity index (χ1) is 15.8. The molecule has 0 fully saturated rings. The quantitative estimate of drug-likeness (QED) is 0.324. The number of hydrogen-bond donors (Lipinski definition) is 1. The van der Waals surface area contributed by atoms with Crippen molar-refractivity contribution in [3.05, 3.63) is 34.3 Å². The van der Waals surface area contributed by atoms with Crippen LogP contribution in [0.15, 0.2) is 34.5 Å². The minimum atomic E-state index is -1.42. The second kappa shape index (κ2) is 12.3. The fourth-order valence-corrected chi connectivity index (χ4v) is 3.26. The summed E-state index contributed by atoms with van der Waals surface area (Å²) < 4.78 is 21.4. The first kappa shape index (κ1) is 26.2. The third kappa shape index (κ3) is 6.49. The van der Waals surface area contributed by atoms with Crippen LogP contribution in [0.5, 0.6) is 23.0 Å². The van der Waals surface area contributed by atoms with Crippen molar-refractivity contribution in [1.29, 1.82) is 0 Å². The summed E-state index contributed by atoms with van der Waals surface area (Å²) in [6.45, 7) is 5.64. The average molecular weight is 498 g/mol. The van der Waals surface area contributed by atoms with Gasteiger partial charge in [-0.1, -0.05) is 23.2 Å². The van der Waals surface area contributed by atoms with E-state index in [0.717, 1.165) is 0 Å². The molecule has 0 aliphatic carbocycles. The van der Waals surface area contributed by atoms with Crippen LogP contribution in [0.25, 0.3) is 0 Å². The molecule has 11 heteroatoms. The van der Waals surface area contributed by atoms with E-state index in [1.165, 1.54) is 33.3 Å². The number of nitrogens with one attached hydrogen (secondary N) is 1. The summed E-state index contributed by atoms with van der Waals surface area (Å²) in [5, 5.41) is 10.9. The molecule has 2 aromatic carbocycles. The summed E-state index contributed by atoms with van der Waals surface area (Å²) >= 11 is 12.5. The lowest BCUT2D eigenvalue weighted by Crippen LogP contribution is -2.31. The average Bonchev–Trinajstić information content (AvgIpc) is 2.78. The molecule has 178 valence electrons. The van der Waals surface area contributed by atoms with Gasteiger partial charge in [0.05, 0.1) is 27.4 Å². The second-order valence-corrected chi connectivity index (χ2v) is 7.26. The lowest BCUT2D eigenvalue weighted by molar-refractivity contribution is -0.126. The Morgan fingerprint density at radius 2 is 1.58 bits per heavy atom. The zero-order valence-corrected chi connectivity index (χ0v) is 20.4. The SMILES string of the molecule is CCOc1ccc(N=NC(C(C)=O)C(=O)Nc2cc(OC)c(Cl)c(OC)c2)c(Cl)c1OCC. The Morgan fingerprint density at radius 1 is 0.970 bits per heavy atom. The number of methoxy groups -OCH3 is 2. The van der Waals surface area contributed by atoms with E-state index in [2.05, 4.69) is 15.5 Å². The Kier molecular flexibility index (Phi) is 9.74. The largest absolute Gasteiger partial charge is 0.495 e. The third-order valence-electron chi connectivity index (χ3n) is 4.26. The van der Waals surface area contributed by atoms with E-state index in [4.69, 9.17) is 42.1 Å². The zero-order valence-electron chi connectivity index (χ0n) is 18.9. The van der Waals surface area contributed by atoms with Crippen molar-refractivity contribution < 1.29 is 28.5 Å². The summed E-state index contributed by atoms with van der Waals surface area (Å²) in [6, 6.07) is 4.76. The maximum Gasteiger partial charge on any atom is 0.258 e. The van der Waals surface area contributed by atoms with Crippen LogP contribution in [-0.4, -0.2) is 45.2 Å². The standard InChI is InChI=1S/C22H25Cl2N3O6/c1-6-32-15-9-8-14(18(23)21(15)33-7-2)26-27-20(12(3)28)22(29)25-13-10-16(30-4)19(24)17(11-13)31-5/h8-11,20H,6-7H2,1-5H3,(H,25,29). The monoisotopic (exact) mass is 497 g/mol. The fraction of sp³-hybridized carbons (Fsp3) is 0.364. The molecular weight excluding hydrogens is 473 g/mol. The molecule has 0 heterocycles. The number of benzene rings is 2. The molecule has 0 aliphatic rings. The number of Topliss-reactive ketones (excluding diaryl/α,β-unsaturated/α-hetero) is 1. The number of rotatable bonds is 11. The fourth-order valence-electron chi connectivity index (χ4n) is 2.74. The van der Waals surface area contributed by atoms with E-state index in [1.54, 1.807) is 19.1 Å². The Labute approximate surface area is 202 Å². The van der Waals surface area contributed by atoms with E-state index >= 15 is 0 Å². The molecule has 2 aromatic rings. The highest BCUT2D eigenvalue weighted by atomic mass is 35.5. The Balaban J connectivity index is 2.32. The summed E-state index contributed by atoms with van der Waals surface area (Å²) in [7, 11) is 2.85. The van der Waals surface area contributed by atoms with Gasteiger partial charge in [-0.25, -0.2) is 0 Å². The van der Waals surface area contributed by atoms with Crippen molar-refractivity contribution in [2.24, 2.45) is 10.2 Å². The van der Waals surface area contributed by atoms with Crippen LogP contribution in [0, 0.1) is 0 Å². The minimum Gasteiger partial charge on any atom is -0.495 e. The number of carbonyl (C=O) groups is 2. The van der Waals surface area contributed by atoms with Crippen molar-refractivity contribution in [3.8, 4) is 23.0 Å². The number of amides is 1. The molecular formula is C22H25Cl2N3O6. The molecule has 0 aliphatic heterocycles. The molecule has 1 atom stereocenters. The molecule has 33 heavy (non-hydrogen) atoms. The molecule has 0 aromatic heterocycles. The second-order valence-electron chi connectivity index (χ2n) is 6.50. The molecule has 1 amide bonds. The van der Waals surface area contributed by atoms with Crippen LogP contribution in [-0.2, 0) is 9.59 Å². The first-order valence-electron chi connectivity index (χ1n) is 9.99. The zero-order chi connectivity index (χ0) is 24.5. The van der Waals surface area contributed by atoms with Crippen LogP contribution >= 0.6 is 23.2 Å². The predicted octanol–water partition coefficient (Wildman–Crippen LogP) is 5.49. The Bertz CT molecular complexity index is 1020. The van der Waals surface area contributed by atoms with Gasteiger partial charge < -0.3 is 24.3 Å². The molecule has 2 rings (SSSR count). The minimum absolute atomic E-state index is 0.154. The van der Waals surface area contributed by atoms with E-state index < -0.39 is 17.7 Å². The smallest absolute Gasteiger partial charge is 0.258 e. The van der Waals surface area contributed by atoms with Crippen LogP contribution in [0.4, 0.5) is 11.4 Å². The third-order valence-corrected chi connectivity index (χ3v) is 4.99. The maximum absolute atomic E-state index is 12.8. The number of halogens is 2. The van der Waals surface area contributed by atoms with Gasteiger partial charge in [0.15, 0.2) is 17.3 Å². The lowest BCUT2D eigenvalue weighted by Gasteiger charge is -2.14. The van der Waals surface area contributed by atoms with E-state index in [-0.39, 0.29) is 27.2 Å². The first-order valence-corrected chi connectivity index (χ1v) is 10.7. The Morgan fingerprint density at radius 3 is 2.09 bits per heavy atom. The van der Waals surface area contributed by atoms with Crippen molar-refractivity contribution in [3.63, 3.8) is 0 Å². The molecule has 0 bridgehead atoms. The number of carbonyl (C=O) groups excluding carboxylic acids is 2. The highest BCUT2D eigenvalue weighted by molar-refractivity contribution is 6.34. The van der Waals surface area contributed by atoms with Gasteiger partial charge in [0.2, 0.25) is 6.04 Å². The van der Waals surface area contributed by atoms with E-state index in [9.17, 15) is 9.59 Å². The van der Waals surface area contributed by atoms with Crippen LogP contribution < -0.4 is 24.3 Å². The lowest BCUT2D eigenvalue weighted by atomic mass is 10.2. The van der Waals surface area contributed by atoms with Gasteiger partial charge in [-0.15, -0.1) is 0 Å². The van der Waals surface area contributed by atoms with Gasteiger partial charge in [-0.3, -0.25) is 9.59 Å². The number of ketones is 1. The van der Waals surface area contributed by atoms with Crippen molar-refractivity contribution in [2.45, 2.75) is 26.8 Å². The summed E-state index contributed by atoms with van der Waals surface area (Å²) in [5.74, 6) is 0.117. The summed E-state index contributed by atoms with van der Waals surface area (Å²) in [5.41, 5.74) is 0.523. The molecule has 0 spiro atoms. The number of nitrogens with zero attached hydrogens (tertiary/aromatic N) is 2. The number of anilines is 1. The van der Waals surface area contributed by atoms with Gasteiger partial charge in [0, 0.05) is 17.8 Å². The molecule has 9 nitrogen and oxygen atoms in total. The summed E-state index contributed by atoms with van der Waals surface area (Å²) in [6.07, 6.45) is 0. The molecule has 0 saturated carbocycles. The highest BCUT2D eigenvalue weighted by Gasteiger charge is 2.25. The Hall–Kier alpha value is -3.04. The highest BCUT2D eigenvalue weighted by Crippen LogP contribution is 2.42. The molecule has 0 saturated heterocycles. The van der Waals surface area contributed by atoms with Crippen molar-refractivity contribution in [2.75, 3.05) is 32.8 Å². The molecule has 0 radical (unpaired) electrons. The topological polar surface area (TPSA) is 108 Å². The van der Waals surface area contributed by atoms with Gasteiger partial charge in [0.25, 0.3) is 5.91 Å². The van der Waals surface area contributed by atoms with Crippen molar-refractivity contribution in [1.82, 2.24) is 0 Å². The van der Waals surface area contributed by atoms with Crippen LogP contribution in [0.3, 0.4) is 0 Å². The number of ether oxygens (including phenoxy) is 4. The normalized spacial score (nSPS) is 11.7. The van der Waals surface area contributed by atoms with Gasteiger partial charge in [-0.05, 0) is 32.9 Å². The van der Waals surface area contributed by atoms with E-state index in [0.29, 0.717) is 30.4 Å². The van der Waals surface area contributed by atoms with Gasteiger partial charge in [-0.2, -0.15) is 10.2 Å². The maximum atomic E-state index is 12.8. The van der Waals surface area contributed by atoms with Crippen LogP contribution in [0.1, 0.15) is 20.8 Å². The molecule has 1 unspecified atom stereocenters. The van der Waals surface area contributed by atoms with Gasteiger partial charge in [0.1, 0.15) is 27.2 Å². The summed E-state index contributed by atoms with van der Waals surface area (Å²) in [4.78, 5) is 24.9. The number of hydrogen-bond acceptors (Lipinski definition) is 8. The van der Waals surface area contributed by atoms with E-state index in [1.807, 2.05) is 6.92 Å². The molecule has 1 N–H and O–H groups in total. The van der Waals surface area contributed by atoms with Crippen molar-refractivity contribution >= 4 is 46.3 Å². The van der Waals surface area contributed by atoms with Crippen LogP contribution in [0.2, 0.25) is 10.0 Å². The number of azo groups is 1.